The molecule has 0 unspecified atom stereocenters. The highest BCUT2D eigenvalue weighted by Gasteiger charge is 2.06. The second-order valence-corrected chi connectivity index (χ2v) is 5.21. The molecule has 0 atom stereocenters. The normalized spacial score (nSPS) is 10.1. The van der Waals surface area contributed by atoms with E-state index in [0.29, 0.717) is 5.75 Å². The molecule has 0 aliphatic rings. The first kappa shape index (κ1) is 11.3. The Bertz CT molecular complexity index is 305. The van der Waals surface area contributed by atoms with Gasteiger partial charge in [0.25, 0.3) is 0 Å². The lowest BCUT2D eigenvalue weighted by Crippen LogP contribution is -2.01. The number of ketones is 1. The van der Waals surface area contributed by atoms with Crippen molar-refractivity contribution < 1.29 is 4.79 Å². The van der Waals surface area contributed by atoms with Crippen molar-refractivity contribution in [3.8, 4) is 0 Å². The number of halogens is 2. The summed E-state index contributed by atoms with van der Waals surface area (Å²) in [6.45, 7) is 0. The van der Waals surface area contributed by atoms with Gasteiger partial charge in [-0.15, -0.1) is 0 Å². The third-order valence-electron chi connectivity index (χ3n) is 1.46. The smallest absolute Gasteiger partial charge is 0.172 e. The molecule has 1 aromatic carbocycles. The van der Waals surface area contributed by atoms with Crippen LogP contribution < -0.4 is 0 Å². The molecule has 4 heteroatoms. The fraction of sp³-hybridized carbons (Fsp3) is 0.222. The standard InChI is InChI=1S/C9H8Br2OS/c1-13-5-9(12)6-2-7(10)4-8(11)3-6/h2-4H,5H2,1H3. The largest absolute Gasteiger partial charge is 0.293 e. The quantitative estimate of drug-likeness (QED) is 0.788. The summed E-state index contributed by atoms with van der Waals surface area (Å²) in [5.41, 5.74) is 0.746. The van der Waals surface area contributed by atoms with Crippen LogP contribution in [-0.2, 0) is 0 Å². The number of benzene rings is 1. The van der Waals surface area contributed by atoms with Gasteiger partial charge in [0.1, 0.15) is 0 Å². The van der Waals surface area contributed by atoms with E-state index in [-0.39, 0.29) is 5.78 Å². The lowest BCUT2D eigenvalue weighted by molar-refractivity contribution is 0.102. The molecule has 1 nitrogen and oxygen atoms in total. The first-order chi connectivity index (χ1) is 6.13. The molecule has 0 N–H and O–H groups in total. The molecule has 70 valence electrons. The second-order valence-electron chi connectivity index (χ2n) is 2.51. The van der Waals surface area contributed by atoms with Crippen LogP contribution in [0.5, 0.6) is 0 Å². The molecule has 0 fully saturated rings. The van der Waals surface area contributed by atoms with Gasteiger partial charge < -0.3 is 0 Å². The molecule has 0 amide bonds. The third-order valence-corrected chi connectivity index (χ3v) is 2.93. The molecule has 0 saturated heterocycles. The van der Waals surface area contributed by atoms with Crippen molar-refractivity contribution in [1.29, 1.82) is 0 Å². The van der Waals surface area contributed by atoms with Crippen molar-refractivity contribution >= 4 is 49.4 Å². The van der Waals surface area contributed by atoms with Gasteiger partial charge in [0.15, 0.2) is 5.78 Å². The van der Waals surface area contributed by atoms with Crippen LogP contribution in [0, 0.1) is 0 Å². The fourth-order valence-electron chi connectivity index (χ4n) is 0.929. The van der Waals surface area contributed by atoms with Crippen LogP contribution in [0.2, 0.25) is 0 Å². The Hall–Kier alpha value is 0.200. The molecule has 0 aliphatic heterocycles. The summed E-state index contributed by atoms with van der Waals surface area (Å²) in [6, 6.07) is 5.59. The van der Waals surface area contributed by atoms with Crippen molar-refractivity contribution in [2.75, 3.05) is 12.0 Å². The number of hydrogen-bond donors (Lipinski definition) is 0. The van der Waals surface area contributed by atoms with E-state index >= 15 is 0 Å². The average Bonchev–Trinajstić information content (AvgIpc) is 2.03. The van der Waals surface area contributed by atoms with Crippen molar-refractivity contribution in [2.45, 2.75) is 0 Å². The van der Waals surface area contributed by atoms with Gasteiger partial charge in [0.05, 0.1) is 5.75 Å². The van der Waals surface area contributed by atoms with Crippen molar-refractivity contribution in [3.05, 3.63) is 32.7 Å². The molecule has 0 heterocycles. The molecule has 13 heavy (non-hydrogen) atoms. The summed E-state index contributed by atoms with van der Waals surface area (Å²) < 4.78 is 1.85. The Morgan fingerprint density at radius 1 is 1.31 bits per heavy atom. The zero-order valence-electron chi connectivity index (χ0n) is 7.01. The van der Waals surface area contributed by atoms with Crippen molar-refractivity contribution in [2.24, 2.45) is 0 Å². The van der Waals surface area contributed by atoms with Crippen molar-refractivity contribution in [3.63, 3.8) is 0 Å². The molecule has 0 aliphatic carbocycles. The van der Waals surface area contributed by atoms with Crippen LogP contribution in [0.15, 0.2) is 27.1 Å². The number of thioether (sulfide) groups is 1. The van der Waals surface area contributed by atoms with Gasteiger partial charge in [0, 0.05) is 14.5 Å². The minimum atomic E-state index is 0.162. The summed E-state index contributed by atoms with van der Waals surface area (Å²) in [5.74, 6) is 0.692. The molecule has 0 radical (unpaired) electrons. The summed E-state index contributed by atoms with van der Waals surface area (Å²) in [6.07, 6.45) is 1.92. The highest BCUT2D eigenvalue weighted by Crippen LogP contribution is 2.20. The zero-order chi connectivity index (χ0) is 9.84. The van der Waals surface area contributed by atoms with Gasteiger partial charge in [-0.05, 0) is 24.5 Å². The minimum Gasteiger partial charge on any atom is -0.293 e. The fourth-order valence-corrected chi connectivity index (χ4v) is 2.65. The molecule has 1 rings (SSSR count). The Balaban J connectivity index is 2.94. The first-order valence-electron chi connectivity index (χ1n) is 3.61. The van der Waals surface area contributed by atoms with E-state index in [0.717, 1.165) is 14.5 Å². The monoisotopic (exact) mass is 322 g/mol. The predicted octanol–water partition coefficient (Wildman–Crippen LogP) is 3.76. The van der Waals surface area contributed by atoms with Crippen LogP contribution in [0.3, 0.4) is 0 Å². The Morgan fingerprint density at radius 3 is 2.31 bits per heavy atom. The molecule has 0 bridgehead atoms. The van der Waals surface area contributed by atoms with E-state index < -0.39 is 0 Å². The van der Waals surface area contributed by atoms with Crippen molar-refractivity contribution in [1.82, 2.24) is 0 Å². The maximum absolute atomic E-state index is 11.5. The average molecular weight is 324 g/mol. The molecular weight excluding hydrogens is 316 g/mol. The number of rotatable bonds is 3. The van der Waals surface area contributed by atoms with Gasteiger partial charge in [-0.1, -0.05) is 31.9 Å². The Labute approximate surface area is 98.5 Å². The van der Waals surface area contributed by atoms with Gasteiger partial charge in [-0.25, -0.2) is 0 Å². The lowest BCUT2D eigenvalue weighted by atomic mass is 10.1. The molecule has 0 spiro atoms. The van der Waals surface area contributed by atoms with E-state index in [9.17, 15) is 4.79 Å². The predicted molar refractivity (Wildman–Crippen MR) is 64.6 cm³/mol. The highest BCUT2D eigenvalue weighted by atomic mass is 79.9. The topological polar surface area (TPSA) is 17.1 Å². The van der Waals surface area contributed by atoms with Gasteiger partial charge in [-0.3, -0.25) is 4.79 Å². The van der Waals surface area contributed by atoms with Crippen LogP contribution in [0.4, 0.5) is 0 Å². The second kappa shape index (κ2) is 5.17. The molecular formula is C9H8Br2OS. The lowest BCUT2D eigenvalue weighted by Gasteiger charge is -2.00. The maximum Gasteiger partial charge on any atom is 0.172 e. The van der Waals surface area contributed by atoms with Crippen LogP contribution in [0.1, 0.15) is 10.4 Å². The number of carbonyl (C=O) groups is 1. The zero-order valence-corrected chi connectivity index (χ0v) is 11.0. The summed E-state index contributed by atoms with van der Waals surface area (Å²) in [4.78, 5) is 11.5. The van der Waals surface area contributed by atoms with Gasteiger partial charge >= 0.3 is 0 Å². The highest BCUT2D eigenvalue weighted by molar-refractivity contribution is 9.11. The van der Waals surface area contributed by atoms with Crippen LogP contribution in [0.25, 0.3) is 0 Å². The SMILES string of the molecule is CSCC(=O)c1cc(Br)cc(Br)c1. The first-order valence-corrected chi connectivity index (χ1v) is 6.59. The number of Topliss-reactive ketones (excluding diaryl/α,β-unsaturated/α-hetero) is 1. The van der Waals surface area contributed by atoms with E-state index in [1.165, 1.54) is 11.8 Å². The van der Waals surface area contributed by atoms with E-state index in [1.807, 2.05) is 24.5 Å². The minimum absolute atomic E-state index is 0.162. The number of hydrogen-bond acceptors (Lipinski definition) is 2. The third kappa shape index (κ3) is 3.44. The van der Waals surface area contributed by atoms with Gasteiger partial charge in [0.2, 0.25) is 0 Å². The molecule has 1 aromatic rings. The summed E-state index contributed by atoms with van der Waals surface area (Å²) >= 11 is 8.22. The Morgan fingerprint density at radius 2 is 1.85 bits per heavy atom. The molecule has 0 aromatic heterocycles. The maximum atomic E-state index is 11.5. The van der Waals surface area contributed by atoms with E-state index in [1.54, 1.807) is 0 Å². The van der Waals surface area contributed by atoms with Crippen LogP contribution >= 0.6 is 43.6 Å². The molecule has 0 saturated carbocycles. The van der Waals surface area contributed by atoms with E-state index in [4.69, 9.17) is 0 Å². The summed E-state index contributed by atoms with van der Waals surface area (Å²) in [7, 11) is 0. The van der Waals surface area contributed by atoms with Gasteiger partial charge in [-0.2, -0.15) is 11.8 Å². The summed E-state index contributed by atoms with van der Waals surface area (Å²) in [5, 5.41) is 0. The number of carbonyl (C=O) groups excluding carboxylic acids is 1. The van der Waals surface area contributed by atoms with E-state index in [2.05, 4.69) is 31.9 Å². The van der Waals surface area contributed by atoms with Crippen LogP contribution in [-0.4, -0.2) is 17.8 Å². The Kier molecular flexibility index (Phi) is 4.49.